The van der Waals surface area contributed by atoms with E-state index in [0.29, 0.717) is 12.1 Å². The zero-order valence-electron chi connectivity index (χ0n) is 14.6. The number of amides is 2. The number of fused-ring (bicyclic) bond motifs is 2. The Balaban J connectivity index is 1.34. The van der Waals surface area contributed by atoms with Crippen LogP contribution in [0.4, 0.5) is 4.79 Å². The lowest BCUT2D eigenvalue weighted by molar-refractivity contribution is 0.240. The van der Waals surface area contributed by atoms with Crippen LogP contribution in [0.1, 0.15) is 28.8 Å². The number of carbonyl (C=O) groups is 1. The minimum Gasteiger partial charge on any atom is -0.334 e. The van der Waals surface area contributed by atoms with Crippen molar-refractivity contribution < 1.29 is 4.79 Å². The summed E-state index contributed by atoms with van der Waals surface area (Å²) in [6.07, 6.45) is 4.94. The number of hydrogen-bond acceptors (Lipinski definition) is 3. The number of pyridine rings is 1. The lowest BCUT2D eigenvalue weighted by atomic mass is 10.1. The lowest BCUT2D eigenvalue weighted by Crippen LogP contribution is -2.36. The van der Waals surface area contributed by atoms with Crippen LogP contribution >= 0.6 is 0 Å². The Hall–Kier alpha value is -3.09. The van der Waals surface area contributed by atoms with Crippen molar-refractivity contribution in [3.05, 3.63) is 63.2 Å². The molecule has 0 spiro atoms. The largest absolute Gasteiger partial charge is 0.334 e. The molecule has 0 radical (unpaired) electrons. The monoisotopic (exact) mass is 351 g/mol. The summed E-state index contributed by atoms with van der Waals surface area (Å²) >= 11 is 0. The van der Waals surface area contributed by atoms with Crippen molar-refractivity contribution in [1.82, 2.24) is 25.4 Å². The van der Waals surface area contributed by atoms with Crippen LogP contribution < -0.4 is 16.2 Å². The molecule has 26 heavy (non-hydrogen) atoms. The van der Waals surface area contributed by atoms with Crippen molar-refractivity contribution in [3.63, 3.8) is 0 Å². The van der Waals surface area contributed by atoms with Gasteiger partial charge in [-0.15, -0.1) is 0 Å². The normalized spacial score (nSPS) is 13.0. The number of rotatable bonds is 4. The predicted molar refractivity (Wildman–Crippen MR) is 98.9 cm³/mol. The van der Waals surface area contributed by atoms with Crippen molar-refractivity contribution in [2.45, 2.75) is 32.4 Å². The first-order chi connectivity index (χ1) is 12.6. The second-order valence-electron chi connectivity index (χ2n) is 6.71. The summed E-state index contributed by atoms with van der Waals surface area (Å²) in [4.78, 5) is 27.0. The Morgan fingerprint density at radius 1 is 1.23 bits per heavy atom. The number of aromatic nitrogens is 3. The van der Waals surface area contributed by atoms with Crippen LogP contribution in [0.2, 0.25) is 0 Å². The van der Waals surface area contributed by atoms with Crippen molar-refractivity contribution in [1.29, 1.82) is 0 Å². The molecule has 0 aliphatic heterocycles. The van der Waals surface area contributed by atoms with Gasteiger partial charge < -0.3 is 15.6 Å². The molecule has 0 saturated heterocycles. The van der Waals surface area contributed by atoms with E-state index in [0.717, 1.165) is 41.4 Å². The Morgan fingerprint density at radius 2 is 2.08 bits per heavy atom. The van der Waals surface area contributed by atoms with E-state index in [9.17, 15) is 9.59 Å². The van der Waals surface area contributed by atoms with E-state index >= 15 is 0 Å². The molecule has 0 fully saturated rings. The second-order valence-corrected chi connectivity index (χ2v) is 6.71. The highest BCUT2D eigenvalue weighted by Gasteiger charge is 2.14. The topological polar surface area (TPSA) is 91.8 Å². The Morgan fingerprint density at radius 3 is 2.96 bits per heavy atom. The van der Waals surface area contributed by atoms with Gasteiger partial charge in [-0.25, -0.2) is 4.79 Å². The number of hydrogen-bond donors (Lipinski definition) is 3. The van der Waals surface area contributed by atoms with Crippen molar-refractivity contribution in [2.75, 3.05) is 0 Å². The molecule has 2 aromatic heterocycles. The van der Waals surface area contributed by atoms with Gasteiger partial charge in [-0.1, -0.05) is 12.1 Å². The summed E-state index contributed by atoms with van der Waals surface area (Å²) in [6, 6.07) is 7.53. The number of urea groups is 1. The average molecular weight is 351 g/mol. The second kappa shape index (κ2) is 6.67. The Labute approximate surface area is 150 Å². The van der Waals surface area contributed by atoms with Crippen LogP contribution in [0.15, 0.2) is 35.3 Å². The number of H-pyrrole nitrogens is 1. The lowest BCUT2D eigenvalue weighted by Gasteiger charge is -2.09. The maximum Gasteiger partial charge on any atom is 0.315 e. The number of nitrogens with zero attached hydrogens (tertiary/aromatic N) is 2. The minimum absolute atomic E-state index is 0.119. The van der Waals surface area contributed by atoms with Crippen molar-refractivity contribution in [3.8, 4) is 0 Å². The predicted octanol–water partition coefficient (Wildman–Crippen LogP) is 1.75. The Kier molecular flexibility index (Phi) is 4.20. The molecule has 4 rings (SSSR count). The van der Waals surface area contributed by atoms with E-state index in [1.54, 1.807) is 4.68 Å². The van der Waals surface area contributed by atoms with Gasteiger partial charge in [-0.3, -0.25) is 9.48 Å². The molecule has 3 N–H and O–H groups in total. The van der Waals surface area contributed by atoms with Gasteiger partial charge in [-0.2, -0.15) is 5.10 Å². The number of nitrogens with one attached hydrogen (secondary N) is 3. The first-order valence-corrected chi connectivity index (χ1v) is 8.76. The third-order valence-electron chi connectivity index (χ3n) is 4.74. The smallest absolute Gasteiger partial charge is 0.315 e. The number of benzene rings is 1. The van der Waals surface area contributed by atoms with Gasteiger partial charge >= 0.3 is 6.03 Å². The molecular weight excluding hydrogens is 330 g/mol. The summed E-state index contributed by atoms with van der Waals surface area (Å²) in [5, 5.41) is 11.0. The highest BCUT2D eigenvalue weighted by molar-refractivity contribution is 5.79. The molecule has 1 aliphatic rings. The third-order valence-corrected chi connectivity index (χ3v) is 4.74. The summed E-state index contributed by atoms with van der Waals surface area (Å²) in [6.45, 7) is 0.618. The van der Waals surface area contributed by atoms with Crippen LogP contribution in [-0.4, -0.2) is 20.8 Å². The summed E-state index contributed by atoms with van der Waals surface area (Å²) in [5.41, 5.74) is 4.57. The number of aryl methyl sites for hydroxylation is 3. The van der Waals surface area contributed by atoms with E-state index in [2.05, 4.69) is 20.7 Å². The van der Waals surface area contributed by atoms with Crippen LogP contribution in [0.5, 0.6) is 0 Å². The van der Waals surface area contributed by atoms with E-state index in [1.165, 1.54) is 5.56 Å². The Bertz CT molecular complexity index is 1030. The molecule has 7 heteroatoms. The zero-order chi connectivity index (χ0) is 18.1. The fraction of sp³-hybridized carbons (Fsp3) is 0.316. The van der Waals surface area contributed by atoms with E-state index in [1.807, 2.05) is 37.5 Å². The number of carbonyl (C=O) groups excluding carboxylic acids is 1. The van der Waals surface area contributed by atoms with Gasteiger partial charge in [0.15, 0.2) is 0 Å². The van der Waals surface area contributed by atoms with Crippen LogP contribution in [0, 0.1) is 0 Å². The average Bonchev–Trinajstić information content (AvgIpc) is 3.21. The molecule has 0 atom stereocenters. The van der Waals surface area contributed by atoms with Crippen molar-refractivity contribution in [2.24, 2.45) is 7.05 Å². The summed E-state index contributed by atoms with van der Waals surface area (Å²) in [7, 11) is 1.88. The van der Waals surface area contributed by atoms with Crippen LogP contribution in [-0.2, 0) is 33.0 Å². The molecule has 134 valence electrons. The fourth-order valence-corrected chi connectivity index (χ4v) is 3.41. The molecule has 2 heterocycles. The van der Waals surface area contributed by atoms with Gasteiger partial charge in [0, 0.05) is 43.0 Å². The summed E-state index contributed by atoms with van der Waals surface area (Å²) < 4.78 is 1.77. The third kappa shape index (κ3) is 3.33. The van der Waals surface area contributed by atoms with Crippen LogP contribution in [0.3, 0.4) is 0 Å². The quantitative estimate of drug-likeness (QED) is 0.669. The standard InChI is InChI=1S/C19H21N5O2/c1-24-11-14-6-5-12(7-17(14)23-24)9-20-19(26)21-10-15-8-13-3-2-4-16(13)22-18(15)25/h5-8,11H,2-4,9-10H2,1H3,(H,22,25)(H2,20,21,26). The van der Waals surface area contributed by atoms with Crippen molar-refractivity contribution >= 4 is 16.9 Å². The molecule has 1 aromatic carbocycles. The van der Waals surface area contributed by atoms with Gasteiger partial charge in [0.05, 0.1) is 5.52 Å². The molecule has 1 aliphatic carbocycles. The zero-order valence-corrected chi connectivity index (χ0v) is 14.6. The molecule has 0 unspecified atom stereocenters. The minimum atomic E-state index is -0.300. The first kappa shape index (κ1) is 16.4. The first-order valence-electron chi connectivity index (χ1n) is 8.76. The molecule has 2 amide bonds. The molecule has 7 nitrogen and oxygen atoms in total. The fourth-order valence-electron chi connectivity index (χ4n) is 3.41. The highest BCUT2D eigenvalue weighted by atomic mass is 16.2. The van der Waals surface area contributed by atoms with Crippen LogP contribution in [0.25, 0.3) is 10.9 Å². The van der Waals surface area contributed by atoms with Gasteiger partial charge in [0.25, 0.3) is 5.56 Å². The van der Waals surface area contributed by atoms with Gasteiger partial charge in [0.2, 0.25) is 0 Å². The number of aromatic amines is 1. The molecular formula is C19H21N5O2. The van der Waals surface area contributed by atoms with E-state index in [4.69, 9.17) is 0 Å². The SMILES string of the molecule is Cn1cc2ccc(CNC(=O)NCc3cc4c([nH]c3=O)CCC4)cc2n1. The summed E-state index contributed by atoms with van der Waals surface area (Å²) in [5.74, 6) is 0. The maximum absolute atomic E-state index is 12.1. The van der Waals surface area contributed by atoms with E-state index < -0.39 is 0 Å². The van der Waals surface area contributed by atoms with Gasteiger partial charge in [-0.05, 0) is 42.5 Å². The van der Waals surface area contributed by atoms with E-state index in [-0.39, 0.29) is 18.1 Å². The molecule has 3 aromatic rings. The molecule has 0 saturated carbocycles. The van der Waals surface area contributed by atoms with Gasteiger partial charge in [0.1, 0.15) is 0 Å². The highest BCUT2D eigenvalue weighted by Crippen LogP contribution is 2.18. The molecule has 0 bridgehead atoms. The maximum atomic E-state index is 12.1.